The second kappa shape index (κ2) is 9.61. The Morgan fingerprint density at radius 1 is 1.03 bits per heavy atom. The fraction of sp³-hybridized carbons (Fsp3) is 0.269. The molecule has 1 aliphatic rings. The van der Waals surface area contributed by atoms with Gasteiger partial charge in [-0.3, -0.25) is 4.79 Å². The number of hydrogen-bond acceptors (Lipinski definition) is 6. The molecule has 1 fully saturated rings. The highest BCUT2D eigenvalue weighted by Crippen LogP contribution is 2.31. The SMILES string of the molecule is COc1ccc(NC(=O)C2CCN(c3nccn4nc(-c5ccc(F)cc5)cc34)CC2)cc1OC. The maximum atomic E-state index is 13.3. The summed E-state index contributed by atoms with van der Waals surface area (Å²) in [5, 5.41) is 7.63. The number of aromatic nitrogens is 3. The third-order valence-electron chi connectivity index (χ3n) is 6.33. The quantitative estimate of drug-likeness (QED) is 0.445. The first-order chi connectivity index (χ1) is 17.1. The van der Waals surface area contributed by atoms with Crippen molar-refractivity contribution < 1.29 is 18.7 Å². The molecule has 0 saturated carbocycles. The number of amides is 1. The number of methoxy groups -OCH3 is 2. The highest BCUT2D eigenvalue weighted by molar-refractivity contribution is 5.93. The first-order valence-electron chi connectivity index (χ1n) is 11.4. The molecule has 8 nitrogen and oxygen atoms in total. The van der Waals surface area contributed by atoms with Crippen LogP contribution in [0.1, 0.15) is 12.8 Å². The predicted octanol–water partition coefficient (Wildman–Crippen LogP) is 4.41. The van der Waals surface area contributed by atoms with Gasteiger partial charge in [-0.2, -0.15) is 5.10 Å². The standard InChI is InChI=1S/C26H26FN5O3/c1-34-23-8-7-20(15-24(23)35-2)29-26(33)18-9-12-31(13-10-18)25-22-16-21(30-32(22)14-11-28-25)17-3-5-19(27)6-4-17/h3-8,11,14-16,18H,9-10,12-13H2,1-2H3,(H,29,33). The van der Waals surface area contributed by atoms with Gasteiger partial charge in [0.15, 0.2) is 17.3 Å². The zero-order valence-electron chi connectivity index (χ0n) is 19.6. The average molecular weight is 476 g/mol. The van der Waals surface area contributed by atoms with Gasteiger partial charge in [-0.05, 0) is 55.3 Å². The molecule has 2 aromatic heterocycles. The van der Waals surface area contributed by atoms with Crippen molar-refractivity contribution in [3.8, 4) is 22.8 Å². The second-order valence-electron chi connectivity index (χ2n) is 8.44. The number of piperidine rings is 1. The van der Waals surface area contributed by atoms with Gasteiger partial charge in [-0.1, -0.05) is 0 Å². The summed E-state index contributed by atoms with van der Waals surface area (Å²) in [6.07, 6.45) is 4.94. The lowest BCUT2D eigenvalue weighted by molar-refractivity contribution is -0.120. The summed E-state index contributed by atoms with van der Waals surface area (Å²) < 4.78 is 25.7. The van der Waals surface area contributed by atoms with Crippen molar-refractivity contribution in [2.75, 3.05) is 37.5 Å². The van der Waals surface area contributed by atoms with Gasteiger partial charge in [0.05, 0.1) is 19.9 Å². The number of anilines is 2. The molecular formula is C26H26FN5O3. The van der Waals surface area contributed by atoms with Gasteiger partial charge >= 0.3 is 0 Å². The number of halogens is 1. The van der Waals surface area contributed by atoms with Crippen LogP contribution in [0.4, 0.5) is 15.9 Å². The zero-order valence-corrected chi connectivity index (χ0v) is 19.6. The topological polar surface area (TPSA) is 81.0 Å². The predicted molar refractivity (Wildman–Crippen MR) is 131 cm³/mol. The molecule has 0 radical (unpaired) electrons. The molecule has 0 unspecified atom stereocenters. The fourth-order valence-corrected chi connectivity index (χ4v) is 4.43. The Balaban J connectivity index is 1.27. The van der Waals surface area contributed by atoms with Crippen LogP contribution in [0.5, 0.6) is 11.5 Å². The van der Waals surface area contributed by atoms with Crippen molar-refractivity contribution in [1.29, 1.82) is 0 Å². The van der Waals surface area contributed by atoms with E-state index in [2.05, 4.69) is 20.3 Å². The Kier molecular flexibility index (Phi) is 6.22. The third-order valence-corrected chi connectivity index (χ3v) is 6.33. The Morgan fingerprint density at radius 2 is 1.77 bits per heavy atom. The van der Waals surface area contributed by atoms with E-state index in [4.69, 9.17) is 9.47 Å². The van der Waals surface area contributed by atoms with Crippen LogP contribution in [0.2, 0.25) is 0 Å². The minimum atomic E-state index is -0.280. The number of benzene rings is 2. The summed E-state index contributed by atoms with van der Waals surface area (Å²) in [5.74, 6) is 1.62. The number of carbonyl (C=O) groups is 1. The van der Waals surface area contributed by atoms with E-state index in [9.17, 15) is 9.18 Å². The highest BCUT2D eigenvalue weighted by Gasteiger charge is 2.27. The van der Waals surface area contributed by atoms with Gasteiger partial charge in [-0.25, -0.2) is 13.9 Å². The van der Waals surface area contributed by atoms with E-state index in [1.165, 1.54) is 12.1 Å². The minimum absolute atomic E-state index is 0.00835. The molecule has 0 spiro atoms. The van der Waals surface area contributed by atoms with E-state index < -0.39 is 0 Å². The molecule has 1 N–H and O–H groups in total. The molecule has 1 amide bonds. The first-order valence-corrected chi connectivity index (χ1v) is 11.4. The molecule has 2 aromatic carbocycles. The average Bonchev–Trinajstić information content (AvgIpc) is 3.33. The molecule has 180 valence electrons. The minimum Gasteiger partial charge on any atom is -0.493 e. The number of hydrogen-bond donors (Lipinski definition) is 1. The fourth-order valence-electron chi connectivity index (χ4n) is 4.43. The van der Waals surface area contributed by atoms with E-state index in [0.29, 0.717) is 43.1 Å². The molecule has 4 aromatic rings. The molecule has 0 atom stereocenters. The molecule has 35 heavy (non-hydrogen) atoms. The van der Waals surface area contributed by atoms with Crippen molar-refractivity contribution in [1.82, 2.24) is 14.6 Å². The van der Waals surface area contributed by atoms with Gasteiger partial charge in [-0.15, -0.1) is 0 Å². The van der Waals surface area contributed by atoms with E-state index >= 15 is 0 Å². The molecule has 9 heteroatoms. The zero-order chi connectivity index (χ0) is 24.4. The van der Waals surface area contributed by atoms with Crippen LogP contribution in [0, 0.1) is 11.7 Å². The van der Waals surface area contributed by atoms with Crippen molar-refractivity contribution in [2.24, 2.45) is 5.92 Å². The van der Waals surface area contributed by atoms with Crippen molar-refractivity contribution in [3.63, 3.8) is 0 Å². The van der Waals surface area contributed by atoms with Crippen LogP contribution in [-0.2, 0) is 4.79 Å². The molecular weight excluding hydrogens is 449 g/mol. The monoisotopic (exact) mass is 475 g/mol. The van der Waals surface area contributed by atoms with E-state index in [-0.39, 0.29) is 17.6 Å². The number of ether oxygens (including phenoxy) is 2. The van der Waals surface area contributed by atoms with Crippen LogP contribution in [-0.4, -0.2) is 47.8 Å². The van der Waals surface area contributed by atoms with Crippen LogP contribution >= 0.6 is 0 Å². The highest BCUT2D eigenvalue weighted by atomic mass is 19.1. The van der Waals surface area contributed by atoms with E-state index in [1.54, 1.807) is 61.5 Å². The third kappa shape index (κ3) is 4.62. The van der Waals surface area contributed by atoms with Gasteiger partial charge in [0.1, 0.15) is 11.3 Å². The Hall–Kier alpha value is -4.14. The number of fused-ring (bicyclic) bond motifs is 1. The summed E-state index contributed by atoms with van der Waals surface area (Å²) in [6, 6.07) is 13.6. The van der Waals surface area contributed by atoms with E-state index in [0.717, 1.165) is 22.6 Å². The largest absolute Gasteiger partial charge is 0.493 e. The van der Waals surface area contributed by atoms with Crippen LogP contribution in [0.25, 0.3) is 16.8 Å². The van der Waals surface area contributed by atoms with Crippen LogP contribution < -0.4 is 19.7 Å². The maximum Gasteiger partial charge on any atom is 0.227 e. The maximum absolute atomic E-state index is 13.3. The summed E-state index contributed by atoms with van der Waals surface area (Å²) in [4.78, 5) is 19.7. The molecule has 0 aliphatic carbocycles. The summed E-state index contributed by atoms with van der Waals surface area (Å²) in [6.45, 7) is 1.40. The van der Waals surface area contributed by atoms with Gasteiger partial charge in [0.25, 0.3) is 0 Å². The Bertz CT molecular complexity index is 1350. The summed E-state index contributed by atoms with van der Waals surface area (Å²) >= 11 is 0. The van der Waals surface area contributed by atoms with Gasteiger partial charge in [0, 0.05) is 48.7 Å². The second-order valence-corrected chi connectivity index (χ2v) is 8.44. The number of nitrogens with one attached hydrogen (secondary N) is 1. The summed E-state index contributed by atoms with van der Waals surface area (Å²) in [7, 11) is 3.14. The van der Waals surface area contributed by atoms with Gasteiger partial charge in [0.2, 0.25) is 5.91 Å². The van der Waals surface area contributed by atoms with Crippen molar-refractivity contribution in [2.45, 2.75) is 12.8 Å². The molecule has 0 bridgehead atoms. The lowest BCUT2D eigenvalue weighted by atomic mass is 9.95. The molecule has 3 heterocycles. The van der Waals surface area contributed by atoms with Crippen molar-refractivity contribution in [3.05, 3.63) is 66.7 Å². The normalized spacial score (nSPS) is 14.2. The molecule has 5 rings (SSSR count). The van der Waals surface area contributed by atoms with E-state index in [1.807, 2.05) is 6.07 Å². The molecule has 1 saturated heterocycles. The number of carbonyl (C=O) groups excluding carboxylic acids is 1. The number of rotatable bonds is 6. The smallest absolute Gasteiger partial charge is 0.227 e. The molecule has 1 aliphatic heterocycles. The van der Waals surface area contributed by atoms with Crippen LogP contribution in [0.15, 0.2) is 60.9 Å². The van der Waals surface area contributed by atoms with Crippen LogP contribution in [0.3, 0.4) is 0 Å². The van der Waals surface area contributed by atoms with Gasteiger partial charge < -0.3 is 19.7 Å². The lowest BCUT2D eigenvalue weighted by Crippen LogP contribution is -2.38. The summed E-state index contributed by atoms with van der Waals surface area (Å²) in [5.41, 5.74) is 3.14. The Morgan fingerprint density at radius 3 is 2.49 bits per heavy atom. The Labute approximate surface area is 202 Å². The first kappa shape index (κ1) is 22.6. The lowest BCUT2D eigenvalue weighted by Gasteiger charge is -2.32. The van der Waals surface area contributed by atoms with Crippen molar-refractivity contribution >= 4 is 22.9 Å². The number of nitrogens with zero attached hydrogens (tertiary/aromatic N) is 4.